The molecule has 3 rings (SSSR count). The first-order chi connectivity index (χ1) is 13.2. The van der Waals surface area contributed by atoms with Crippen molar-refractivity contribution in [3.8, 4) is 0 Å². The molecule has 5 nitrogen and oxygen atoms in total. The van der Waals surface area contributed by atoms with Crippen molar-refractivity contribution >= 4 is 38.9 Å². The molecule has 0 aliphatic rings. The van der Waals surface area contributed by atoms with Crippen LogP contribution in [0, 0.1) is 12.7 Å². The average molecular weight is 419 g/mol. The Balaban J connectivity index is 1.81. The summed E-state index contributed by atoms with van der Waals surface area (Å²) in [6.07, 6.45) is 0. The largest absolute Gasteiger partial charge is 0.322 e. The van der Waals surface area contributed by atoms with Crippen LogP contribution >= 0.6 is 11.6 Å². The number of anilines is 2. The molecule has 0 aliphatic carbocycles. The Morgan fingerprint density at radius 2 is 1.64 bits per heavy atom. The lowest BCUT2D eigenvalue weighted by Crippen LogP contribution is -2.16. The van der Waals surface area contributed by atoms with Crippen molar-refractivity contribution in [2.24, 2.45) is 0 Å². The van der Waals surface area contributed by atoms with Crippen LogP contribution in [-0.2, 0) is 10.0 Å². The quantitative estimate of drug-likeness (QED) is 0.622. The number of hydrogen-bond acceptors (Lipinski definition) is 3. The fraction of sp³-hybridized carbons (Fsp3) is 0.0500. The van der Waals surface area contributed by atoms with E-state index in [1.807, 2.05) is 6.92 Å². The average Bonchev–Trinajstić information content (AvgIpc) is 2.66. The first-order valence-electron chi connectivity index (χ1n) is 8.20. The van der Waals surface area contributed by atoms with Gasteiger partial charge in [-0.05, 0) is 67.1 Å². The van der Waals surface area contributed by atoms with Crippen molar-refractivity contribution in [2.75, 3.05) is 10.0 Å². The van der Waals surface area contributed by atoms with Gasteiger partial charge < -0.3 is 5.32 Å². The van der Waals surface area contributed by atoms with E-state index in [-0.39, 0.29) is 16.1 Å². The van der Waals surface area contributed by atoms with Gasteiger partial charge in [0.2, 0.25) is 0 Å². The van der Waals surface area contributed by atoms with Crippen LogP contribution < -0.4 is 10.0 Å². The molecule has 0 spiro atoms. The minimum Gasteiger partial charge on any atom is -0.322 e. The van der Waals surface area contributed by atoms with Gasteiger partial charge in [0.05, 0.1) is 4.90 Å². The van der Waals surface area contributed by atoms with E-state index in [9.17, 15) is 17.6 Å². The van der Waals surface area contributed by atoms with Gasteiger partial charge in [-0.2, -0.15) is 0 Å². The highest BCUT2D eigenvalue weighted by atomic mass is 35.5. The maximum absolute atomic E-state index is 13.0. The molecular formula is C20H16ClFN2O3S. The van der Waals surface area contributed by atoms with E-state index >= 15 is 0 Å². The molecule has 3 aromatic carbocycles. The second-order valence-corrected chi connectivity index (χ2v) is 8.15. The maximum Gasteiger partial charge on any atom is 0.261 e. The molecule has 3 aromatic rings. The van der Waals surface area contributed by atoms with E-state index < -0.39 is 21.7 Å². The number of rotatable bonds is 5. The highest BCUT2D eigenvalue weighted by Crippen LogP contribution is 2.22. The summed E-state index contributed by atoms with van der Waals surface area (Å²) >= 11 is 6.05. The highest BCUT2D eigenvalue weighted by Gasteiger charge is 2.17. The lowest BCUT2D eigenvalue weighted by molar-refractivity contribution is 0.102. The summed E-state index contributed by atoms with van der Waals surface area (Å²) in [4.78, 5) is 12.4. The highest BCUT2D eigenvalue weighted by molar-refractivity contribution is 7.92. The molecule has 0 bridgehead atoms. The van der Waals surface area contributed by atoms with Gasteiger partial charge in [0.1, 0.15) is 5.82 Å². The lowest BCUT2D eigenvalue weighted by atomic mass is 10.2. The van der Waals surface area contributed by atoms with E-state index in [4.69, 9.17) is 11.6 Å². The van der Waals surface area contributed by atoms with Gasteiger partial charge >= 0.3 is 0 Å². The molecule has 0 saturated heterocycles. The fourth-order valence-electron chi connectivity index (χ4n) is 2.41. The predicted molar refractivity (Wildman–Crippen MR) is 108 cm³/mol. The van der Waals surface area contributed by atoms with Gasteiger partial charge in [0.15, 0.2) is 0 Å². The molecule has 144 valence electrons. The summed E-state index contributed by atoms with van der Waals surface area (Å²) in [7, 11) is -3.94. The number of sulfonamides is 1. The molecule has 0 aromatic heterocycles. The number of carbonyl (C=O) groups is 1. The van der Waals surface area contributed by atoms with E-state index in [2.05, 4.69) is 10.0 Å². The molecule has 0 saturated carbocycles. The first-order valence-corrected chi connectivity index (χ1v) is 10.1. The fourth-order valence-corrected chi connectivity index (χ4v) is 3.69. The summed E-state index contributed by atoms with van der Waals surface area (Å²) < 4.78 is 40.4. The van der Waals surface area contributed by atoms with Crippen molar-refractivity contribution < 1.29 is 17.6 Å². The number of nitrogens with one attached hydrogen (secondary N) is 2. The van der Waals surface area contributed by atoms with Gasteiger partial charge in [-0.1, -0.05) is 23.7 Å². The molecule has 0 unspecified atom stereocenters. The molecule has 0 fully saturated rings. The van der Waals surface area contributed by atoms with E-state index in [1.54, 1.807) is 18.2 Å². The van der Waals surface area contributed by atoms with Gasteiger partial charge in [-0.15, -0.1) is 0 Å². The van der Waals surface area contributed by atoms with Gasteiger partial charge in [-0.3, -0.25) is 9.52 Å². The van der Waals surface area contributed by atoms with E-state index in [0.717, 1.165) is 17.7 Å². The number of aryl methyl sites for hydroxylation is 1. The molecular weight excluding hydrogens is 403 g/mol. The Labute approximate surface area is 167 Å². The second-order valence-electron chi connectivity index (χ2n) is 6.06. The summed E-state index contributed by atoms with van der Waals surface area (Å²) in [5.74, 6) is -0.948. The van der Waals surface area contributed by atoms with Crippen molar-refractivity contribution in [3.05, 3.63) is 88.7 Å². The topological polar surface area (TPSA) is 75.3 Å². The minimum absolute atomic E-state index is 0.0913. The SMILES string of the molecule is Cc1ccc(NC(=O)c2cccc(S(=O)(=O)Nc3ccc(F)cc3)c2)cc1Cl. The number of halogens is 2. The molecule has 2 N–H and O–H groups in total. The van der Waals surface area contributed by atoms with Crippen LogP contribution in [-0.4, -0.2) is 14.3 Å². The Morgan fingerprint density at radius 3 is 2.32 bits per heavy atom. The molecule has 28 heavy (non-hydrogen) atoms. The van der Waals surface area contributed by atoms with Crippen LogP contribution in [0.4, 0.5) is 15.8 Å². The molecule has 0 atom stereocenters. The summed E-state index contributed by atoms with van der Waals surface area (Å²) in [5.41, 5.74) is 1.75. The lowest BCUT2D eigenvalue weighted by Gasteiger charge is -2.10. The number of carbonyl (C=O) groups excluding carboxylic acids is 1. The molecule has 0 aliphatic heterocycles. The number of amides is 1. The summed E-state index contributed by atoms with van der Waals surface area (Å²) in [5, 5.41) is 3.19. The molecule has 0 radical (unpaired) electrons. The Morgan fingerprint density at radius 1 is 0.964 bits per heavy atom. The predicted octanol–water partition coefficient (Wildman–Crippen LogP) is 4.84. The Kier molecular flexibility index (Phi) is 5.67. The molecule has 1 amide bonds. The zero-order chi connectivity index (χ0) is 20.3. The van der Waals surface area contributed by atoms with Crippen LogP contribution in [0.1, 0.15) is 15.9 Å². The van der Waals surface area contributed by atoms with Crippen LogP contribution in [0.5, 0.6) is 0 Å². The molecule has 0 heterocycles. The van der Waals surface area contributed by atoms with E-state index in [1.165, 1.54) is 36.4 Å². The zero-order valence-electron chi connectivity index (χ0n) is 14.7. The van der Waals surface area contributed by atoms with Gasteiger partial charge in [0, 0.05) is 22.0 Å². The first kappa shape index (κ1) is 19.9. The third kappa shape index (κ3) is 4.68. The van der Waals surface area contributed by atoms with Crippen molar-refractivity contribution in [3.63, 3.8) is 0 Å². The Bertz CT molecular complexity index is 1130. The van der Waals surface area contributed by atoms with Crippen LogP contribution in [0.2, 0.25) is 5.02 Å². The van der Waals surface area contributed by atoms with Gasteiger partial charge in [0.25, 0.3) is 15.9 Å². The maximum atomic E-state index is 13.0. The monoisotopic (exact) mass is 418 g/mol. The summed E-state index contributed by atoms with van der Waals surface area (Å²) in [6, 6.07) is 15.6. The van der Waals surface area contributed by atoms with Crippen LogP contribution in [0.3, 0.4) is 0 Å². The zero-order valence-corrected chi connectivity index (χ0v) is 16.3. The number of hydrogen-bond donors (Lipinski definition) is 2. The standard InChI is InChI=1S/C20H16ClFN2O3S/c1-13-5-8-17(12-19(13)21)23-20(25)14-3-2-4-18(11-14)28(26,27)24-16-9-6-15(22)7-10-16/h2-12,24H,1H3,(H,23,25). The van der Waals surface area contributed by atoms with E-state index in [0.29, 0.717) is 10.7 Å². The van der Waals surface area contributed by atoms with Crippen molar-refractivity contribution in [1.29, 1.82) is 0 Å². The third-order valence-electron chi connectivity index (χ3n) is 3.93. The van der Waals surface area contributed by atoms with Gasteiger partial charge in [-0.25, -0.2) is 12.8 Å². The third-order valence-corrected chi connectivity index (χ3v) is 5.72. The minimum atomic E-state index is -3.94. The summed E-state index contributed by atoms with van der Waals surface area (Å²) in [6.45, 7) is 1.84. The smallest absolute Gasteiger partial charge is 0.261 e. The number of benzene rings is 3. The van der Waals surface area contributed by atoms with Crippen LogP contribution in [0.25, 0.3) is 0 Å². The molecule has 8 heteroatoms. The van der Waals surface area contributed by atoms with Crippen LogP contribution in [0.15, 0.2) is 71.6 Å². The van der Waals surface area contributed by atoms with Crippen molar-refractivity contribution in [1.82, 2.24) is 0 Å². The second kappa shape index (κ2) is 8.00. The Hall–Kier alpha value is -2.90. The van der Waals surface area contributed by atoms with Crippen molar-refractivity contribution in [2.45, 2.75) is 11.8 Å². The normalized spacial score (nSPS) is 11.1.